The Labute approximate surface area is 188 Å². The van der Waals surface area contributed by atoms with Crippen molar-refractivity contribution in [2.45, 2.75) is 18.0 Å². The molecule has 0 unspecified atom stereocenters. The number of hydrogen-bond acceptors (Lipinski definition) is 3. The van der Waals surface area contributed by atoms with Crippen molar-refractivity contribution >= 4 is 41.7 Å². The SMILES string of the molecule is CN=C(NCCSc1ccccc1)NCc1nccn1Cc1ccccc1.I. The van der Waals surface area contributed by atoms with Gasteiger partial charge in [0, 0.05) is 43.2 Å². The van der Waals surface area contributed by atoms with Crippen LogP contribution in [0.4, 0.5) is 0 Å². The molecule has 0 spiro atoms. The third-order valence-electron chi connectivity index (χ3n) is 4.04. The summed E-state index contributed by atoms with van der Waals surface area (Å²) >= 11 is 1.83. The smallest absolute Gasteiger partial charge is 0.191 e. The lowest BCUT2D eigenvalue weighted by molar-refractivity contribution is 0.690. The number of guanidine groups is 1. The summed E-state index contributed by atoms with van der Waals surface area (Å²) in [6.45, 7) is 2.29. The second-order valence-corrected chi connectivity index (χ2v) is 7.14. The van der Waals surface area contributed by atoms with Crippen molar-refractivity contribution in [1.29, 1.82) is 0 Å². The zero-order valence-electron chi connectivity index (χ0n) is 15.9. The molecule has 0 aliphatic rings. The van der Waals surface area contributed by atoms with E-state index in [2.05, 4.69) is 73.7 Å². The van der Waals surface area contributed by atoms with Gasteiger partial charge in [-0.3, -0.25) is 4.99 Å². The Bertz CT molecular complexity index is 836. The van der Waals surface area contributed by atoms with Gasteiger partial charge in [0.05, 0.1) is 6.54 Å². The zero-order chi connectivity index (χ0) is 18.7. The largest absolute Gasteiger partial charge is 0.356 e. The van der Waals surface area contributed by atoms with Crippen molar-refractivity contribution in [2.75, 3.05) is 19.3 Å². The summed E-state index contributed by atoms with van der Waals surface area (Å²) in [5.41, 5.74) is 1.26. The van der Waals surface area contributed by atoms with Crippen molar-refractivity contribution in [3.05, 3.63) is 84.4 Å². The third kappa shape index (κ3) is 7.20. The van der Waals surface area contributed by atoms with Crippen molar-refractivity contribution in [3.63, 3.8) is 0 Å². The van der Waals surface area contributed by atoms with E-state index in [1.165, 1.54) is 10.5 Å². The molecule has 3 aromatic rings. The molecule has 5 nitrogen and oxygen atoms in total. The molecule has 0 saturated carbocycles. The van der Waals surface area contributed by atoms with Gasteiger partial charge in [0.2, 0.25) is 0 Å². The van der Waals surface area contributed by atoms with Crippen molar-refractivity contribution < 1.29 is 0 Å². The van der Waals surface area contributed by atoms with Gasteiger partial charge >= 0.3 is 0 Å². The van der Waals surface area contributed by atoms with E-state index in [4.69, 9.17) is 0 Å². The highest BCUT2D eigenvalue weighted by atomic mass is 127. The molecule has 148 valence electrons. The number of nitrogens with one attached hydrogen (secondary N) is 2. The van der Waals surface area contributed by atoms with E-state index in [9.17, 15) is 0 Å². The maximum absolute atomic E-state index is 4.47. The van der Waals surface area contributed by atoms with Crippen LogP contribution in [0.1, 0.15) is 11.4 Å². The lowest BCUT2D eigenvalue weighted by Gasteiger charge is -2.13. The van der Waals surface area contributed by atoms with Gasteiger partial charge in [-0.1, -0.05) is 48.5 Å². The molecular weight excluding hydrogens is 481 g/mol. The Morgan fingerprint density at radius 3 is 2.46 bits per heavy atom. The topological polar surface area (TPSA) is 54.2 Å². The molecule has 0 atom stereocenters. The van der Waals surface area contributed by atoms with Crippen LogP contribution in [0.5, 0.6) is 0 Å². The molecule has 0 aliphatic carbocycles. The van der Waals surface area contributed by atoms with Crippen molar-refractivity contribution in [1.82, 2.24) is 20.2 Å². The summed E-state index contributed by atoms with van der Waals surface area (Å²) in [6, 6.07) is 20.8. The van der Waals surface area contributed by atoms with Gasteiger partial charge in [-0.25, -0.2) is 4.98 Å². The summed E-state index contributed by atoms with van der Waals surface area (Å²) < 4.78 is 2.15. The van der Waals surface area contributed by atoms with Crippen LogP contribution in [0.2, 0.25) is 0 Å². The van der Waals surface area contributed by atoms with Crippen LogP contribution >= 0.6 is 35.7 Å². The normalized spacial score (nSPS) is 11.0. The fourth-order valence-corrected chi connectivity index (χ4v) is 3.46. The van der Waals surface area contributed by atoms with E-state index in [1.807, 2.05) is 36.3 Å². The van der Waals surface area contributed by atoms with Gasteiger partial charge in [-0.2, -0.15) is 0 Å². The average Bonchev–Trinajstić information content (AvgIpc) is 3.16. The summed E-state index contributed by atoms with van der Waals surface area (Å²) in [5.74, 6) is 2.76. The number of aromatic nitrogens is 2. The Morgan fingerprint density at radius 1 is 1.04 bits per heavy atom. The Balaban J connectivity index is 0.00000280. The van der Waals surface area contributed by atoms with Gasteiger partial charge in [0.15, 0.2) is 5.96 Å². The van der Waals surface area contributed by atoms with Gasteiger partial charge in [0.1, 0.15) is 5.82 Å². The van der Waals surface area contributed by atoms with Crippen LogP contribution in [0.25, 0.3) is 0 Å². The number of benzene rings is 2. The first-order chi connectivity index (χ1) is 13.3. The van der Waals surface area contributed by atoms with Crippen molar-refractivity contribution in [3.8, 4) is 0 Å². The minimum atomic E-state index is 0. The molecule has 2 N–H and O–H groups in total. The molecule has 1 aromatic heterocycles. The first kappa shape index (κ1) is 22.3. The van der Waals surface area contributed by atoms with Gasteiger partial charge in [-0.15, -0.1) is 35.7 Å². The summed E-state index contributed by atoms with van der Waals surface area (Å²) in [5, 5.41) is 6.70. The van der Waals surface area contributed by atoms with E-state index in [1.54, 1.807) is 7.05 Å². The number of rotatable bonds is 8. The monoisotopic (exact) mass is 507 g/mol. The second kappa shape index (κ2) is 12.5. The van der Waals surface area contributed by atoms with E-state index in [0.29, 0.717) is 6.54 Å². The highest BCUT2D eigenvalue weighted by Gasteiger charge is 2.05. The minimum absolute atomic E-state index is 0. The molecule has 0 fully saturated rings. The summed E-state index contributed by atoms with van der Waals surface area (Å²) in [4.78, 5) is 10.0. The molecule has 7 heteroatoms. The number of aliphatic imine (C=N–C) groups is 1. The fourth-order valence-electron chi connectivity index (χ4n) is 2.67. The van der Waals surface area contributed by atoms with Gasteiger partial charge in [0.25, 0.3) is 0 Å². The lowest BCUT2D eigenvalue weighted by atomic mass is 10.2. The van der Waals surface area contributed by atoms with Gasteiger partial charge < -0.3 is 15.2 Å². The first-order valence-corrected chi connectivity index (χ1v) is 10.00. The Morgan fingerprint density at radius 2 is 1.75 bits per heavy atom. The van der Waals surface area contributed by atoms with Crippen LogP contribution in [-0.4, -0.2) is 34.9 Å². The van der Waals surface area contributed by atoms with E-state index in [-0.39, 0.29) is 24.0 Å². The molecule has 0 aliphatic heterocycles. The van der Waals surface area contributed by atoms with Crippen LogP contribution in [0.3, 0.4) is 0 Å². The van der Waals surface area contributed by atoms with E-state index >= 15 is 0 Å². The van der Waals surface area contributed by atoms with Crippen LogP contribution in [0.15, 0.2) is 82.9 Å². The second-order valence-electron chi connectivity index (χ2n) is 5.97. The Kier molecular flexibility index (Phi) is 9.92. The first-order valence-electron chi connectivity index (χ1n) is 9.01. The number of imidazole rings is 1. The predicted octanol–water partition coefficient (Wildman–Crippen LogP) is 4.01. The number of hydrogen-bond donors (Lipinski definition) is 2. The molecule has 0 radical (unpaired) electrons. The van der Waals surface area contributed by atoms with E-state index < -0.39 is 0 Å². The molecule has 1 heterocycles. The highest BCUT2D eigenvalue weighted by molar-refractivity contribution is 14.0. The number of thioether (sulfide) groups is 1. The highest BCUT2D eigenvalue weighted by Crippen LogP contribution is 2.15. The van der Waals surface area contributed by atoms with Gasteiger partial charge in [-0.05, 0) is 17.7 Å². The number of halogens is 1. The lowest BCUT2D eigenvalue weighted by Crippen LogP contribution is -2.38. The molecule has 28 heavy (non-hydrogen) atoms. The molecule has 0 bridgehead atoms. The molecule has 3 rings (SSSR count). The minimum Gasteiger partial charge on any atom is -0.356 e. The van der Waals surface area contributed by atoms with Crippen LogP contribution < -0.4 is 10.6 Å². The summed E-state index contributed by atoms with van der Waals surface area (Å²) in [7, 11) is 1.79. The predicted molar refractivity (Wildman–Crippen MR) is 129 cm³/mol. The third-order valence-corrected chi connectivity index (χ3v) is 5.06. The maximum atomic E-state index is 4.47. The maximum Gasteiger partial charge on any atom is 0.191 e. The summed E-state index contributed by atoms with van der Waals surface area (Å²) in [6.07, 6.45) is 3.85. The van der Waals surface area contributed by atoms with Crippen molar-refractivity contribution in [2.24, 2.45) is 4.99 Å². The fraction of sp³-hybridized carbons (Fsp3) is 0.238. The standard InChI is InChI=1S/C21H25N5S.HI/c1-22-21(24-13-15-27-19-10-6-3-7-11-19)25-16-20-23-12-14-26(20)17-18-8-4-2-5-9-18;/h2-12,14H,13,15-17H2,1H3,(H2,22,24,25);1H. The molecule has 0 amide bonds. The molecule has 0 saturated heterocycles. The Hall–Kier alpha value is -2.00. The number of nitrogens with zero attached hydrogens (tertiary/aromatic N) is 3. The average molecular weight is 507 g/mol. The molecule has 2 aromatic carbocycles. The van der Waals surface area contributed by atoms with Crippen LogP contribution in [-0.2, 0) is 13.1 Å². The molecular formula is C21H26IN5S. The zero-order valence-corrected chi connectivity index (χ0v) is 19.1. The van der Waals surface area contributed by atoms with E-state index in [0.717, 1.165) is 30.6 Å². The quantitative estimate of drug-likeness (QED) is 0.159. The van der Waals surface area contributed by atoms with Crippen LogP contribution in [0, 0.1) is 0 Å².